The molecule has 0 spiro atoms. The van der Waals surface area contributed by atoms with Gasteiger partial charge in [0.05, 0.1) is 5.01 Å². The number of hydrogen-bond acceptors (Lipinski definition) is 4. The molecule has 1 fully saturated rings. The van der Waals surface area contributed by atoms with Crippen LogP contribution in [0.3, 0.4) is 0 Å². The summed E-state index contributed by atoms with van der Waals surface area (Å²) in [6.45, 7) is 5.35. The number of piperazine rings is 1. The van der Waals surface area contributed by atoms with Crippen molar-refractivity contribution in [2.24, 2.45) is 0 Å². The van der Waals surface area contributed by atoms with E-state index in [-0.39, 0.29) is 18.3 Å². The lowest BCUT2D eigenvalue weighted by atomic mass is 10.1. The predicted octanol–water partition coefficient (Wildman–Crippen LogP) is 2.51. The smallest absolute Gasteiger partial charge is 0.273 e. The van der Waals surface area contributed by atoms with Gasteiger partial charge in [0.15, 0.2) is 0 Å². The molecular weight excluding hydrogens is 318 g/mol. The Labute approximate surface area is 141 Å². The topological polar surface area (TPSA) is 45.2 Å². The van der Waals surface area contributed by atoms with E-state index in [0.29, 0.717) is 5.69 Å². The van der Waals surface area contributed by atoms with Gasteiger partial charge in [0.2, 0.25) is 0 Å². The van der Waals surface area contributed by atoms with Crippen molar-refractivity contribution < 1.29 is 4.79 Å². The molecule has 3 rings (SSSR count). The van der Waals surface area contributed by atoms with Gasteiger partial charge in [-0.05, 0) is 12.5 Å². The Bertz CT molecular complexity index is 621. The van der Waals surface area contributed by atoms with Gasteiger partial charge in [-0.15, -0.1) is 23.7 Å². The number of aryl methyl sites for hydroxylation is 1. The maximum Gasteiger partial charge on any atom is 0.273 e. The second-order valence-corrected chi connectivity index (χ2v) is 6.27. The standard InChI is InChI=1S/C16H19N3OS.ClH/c1-12-2-4-13(5-3-12)10-15-18-14(11-21-15)16(20)19-8-6-17-7-9-19;/h2-5,11,17H,6-10H2,1H3;1H. The van der Waals surface area contributed by atoms with Gasteiger partial charge in [-0.2, -0.15) is 0 Å². The fourth-order valence-corrected chi connectivity index (χ4v) is 3.20. The molecular formula is C16H20ClN3OS. The molecule has 0 radical (unpaired) electrons. The normalized spacial score (nSPS) is 14.5. The van der Waals surface area contributed by atoms with Crippen LogP contribution in [0.15, 0.2) is 29.6 Å². The highest BCUT2D eigenvalue weighted by Crippen LogP contribution is 2.16. The number of carbonyl (C=O) groups is 1. The van der Waals surface area contributed by atoms with Crippen LogP contribution in [0.2, 0.25) is 0 Å². The number of rotatable bonds is 3. The zero-order chi connectivity index (χ0) is 14.7. The van der Waals surface area contributed by atoms with E-state index in [1.807, 2.05) is 10.3 Å². The molecule has 0 bridgehead atoms. The van der Waals surface area contributed by atoms with E-state index in [9.17, 15) is 4.79 Å². The third-order valence-corrected chi connectivity index (χ3v) is 4.50. The van der Waals surface area contributed by atoms with Gasteiger partial charge >= 0.3 is 0 Å². The third kappa shape index (κ3) is 4.06. The van der Waals surface area contributed by atoms with Gasteiger partial charge in [0.25, 0.3) is 5.91 Å². The van der Waals surface area contributed by atoms with Crippen LogP contribution in [-0.4, -0.2) is 42.0 Å². The molecule has 118 valence electrons. The van der Waals surface area contributed by atoms with Gasteiger partial charge in [-0.3, -0.25) is 4.79 Å². The van der Waals surface area contributed by atoms with Crippen LogP contribution in [-0.2, 0) is 6.42 Å². The van der Waals surface area contributed by atoms with Crippen molar-refractivity contribution >= 4 is 29.7 Å². The van der Waals surface area contributed by atoms with Crippen molar-refractivity contribution in [1.29, 1.82) is 0 Å². The van der Waals surface area contributed by atoms with Gasteiger partial charge in [0, 0.05) is 38.0 Å². The van der Waals surface area contributed by atoms with Crippen molar-refractivity contribution in [3.05, 3.63) is 51.5 Å². The van der Waals surface area contributed by atoms with Crippen LogP contribution in [0.5, 0.6) is 0 Å². The average Bonchev–Trinajstić information content (AvgIpc) is 2.98. The van der Waals surface area contributed by atoms with E-state index in [1.54, 1.807) is 11.3 Å². The van der Waals surface area contributed by atoms with E-state index in [4.69, 9.17) is 0 Å². The first-order chi connectivity index (χ1) is 10.2. The Hall–Kier alpha value is -1.43. The van der Waals surface area contributed by atoms with Gasteiger partial charge < -0.3 is 10.2 Å². The molecule has 0 unspecified atom stereocenters. The maximum absolute atomic E-state index is 12.4. The van der Waals surface area contributed by atoms with E-state index in [2.05, 4.69) is 41.5 Å². The van der Waals surface area contributed by atoms with Crippen molar-refractivity contribution in [2.45, 2.75) is 13.3 Å². The Balaban J connectivity index is 0.00000176. The first kappa shape index (κ1) is 16.9. The molecule has 0 aliphatic carbocycles. The summed E-state index contributed by atoms with van der Waals surface area (Å²) >= 11 is 1.57. The Kier molecular flexibility index (Phi) is 5.94. The van der Waals surface area contributed by atoms with Crippen LogP contribution in [0.4, 0.5) is 0 Å². The zero-order valence-corrected chi connectivity index (χ0v) is 14.2. The molecule has 22 heavy (non-hydrogen) atoms. The highest BCUT2D eigenvalue weighted by Gasteiger charge is 2.20. The number of aromatic nitrogens is 1. The molecule has 1 saturated heterocycles. The molecule has 1 aromatic heterocycles. The van der Waals surface area contributed by atoms with Crippen LogP contribution in [0.25, 0.3) is 0 Å². The van der Waals surface area contributed by atoms with Crippen LogP contribution >= 0.6 is 23.7 Å². The zero-order valence-electron chi connectivity index (χ0n) is 12.5. The predicted molar refractivity (Wildman–Crippen MR) is 92.1 cm³/mol. The van der Waals surface area contributed by atoms with Crippen molar-refractivity contribution in [1.82, 2.24) is 15.2 Å². The summed E-state index contributed by atoms with van der Waals surface area (Å²) < 4.78 is 0. The molecule has 6 heteroatoms. The maximum atomic E-state index is 12.4. The van der Waals surface area contributed by atoms with Gasteiger partial charge in [-0.25, -0.2) is 4.98 Å². The molecule has 1 aromatic carbocycles. The molecule has 1 aliphatic heterocycles. The first-order valence-electron chi connectivity index (χ1n) is 7.22. The fourth-order valence-electron chi connectivity index (χ4n) is 2.40. The Morgan fingerprint density at radius 3 is 2.64 bits per heavy atom. The summed E-state index contributed by atoms with van der Waals surface area (Å²) in [6.07, 6.45) is 0.791. The number of nitrogens with one attached hydrogen (secondary N) is 1. The van der Waals surface area contributed by atoms with Crippen molar-refractivity contribution in [3.63, 3.8) is 0 Å². The summed E-state index contributed by atoms with van der Waals surface area (Å²) in [6, 6.07) is 8.45. The summed E-state index contributed by atoms with van der Waals surface area (Å²) in [5.74, 6) is 0.0582. The van der Waals surface area contributed by atoms with Gasteiger partial charge in [-0.1, -0.05) is 29.8 Å². The lowest BCUT2D eigenvalue weighted by molar-refractivity contribution is 0.0730. The molecule has 1 amide bonds. The third-order valence-electron chi connectivity index (χ3n) is 3.65. The first-order valence-corrected chi connectivity index (χ1v) is 8.10. The van der Waals surface area contributed by atoms with E-state index < -0.39 is 0 Å². The van der Waals surface area contributed by atoms with E-state index in [1.165, 1.54) is 11.1 Å². The Morgan fingerprint density at radius 1 is 1.27 bits per heavy atom. The summed E-state index contributed by atoms with van der Waals surface area (Å²) in [4.78, 5) is 18.7. The highest BCUT2D eigenvalue weighted by molar-refractivity contribution is 7.09. The fraction of sp³-hybridized carbons (Fsp3) is 0.375. The number of halogens is 1. The van der Waals surface area contributed by atoms with Crippen LogP contribution in [0, 0.1) is 6.92 Å². The summed E-state index contributed by atoms with van der Waals surface area (Å²) in [5, 5.41) is 6.13. The molecule has 2 heterocycles. The number of hydrogen-bond donors (Lipinski definition) is 1. The molecule has 0 atom stereocenters. The van der Waals surface area contributed by atoms with Gasteiger partial charge in [0.1, 0.15) is 5.69 Å². The quantitative estimate of drug-likeness (QED) is 0.936. The molecule has 0 saturated carbocycles. The van der Waals surface area contributed by atoms with Crippen LogP contribution in [0.1, 0.15) is 26.6 Å². The SMILES string of the molecule is Cc1ccc(Cc2nc(C(=O)N3CCNCC3)cs2)cc1.Cl. The second kappa shape index (κ2) is 7.72. The number of amides is 1. The molecule has 4 nitrogen and oxygen atoms in total. The van der Waals surface area contributed by atoms with Crippen molar-refractivity contribution in [2.75, 3.05) is 26.2 Å². The lowest BCUT2D eigenvalue weighted by Gasteiger charge is -2.26. The minimum Gasteiger partial charge on any atom is -0.335 e. The molecule has 2 aromatic rings. The summed E-state index contributed by atoms with van der Waals surface area (Å²) in [5.41, 5.74) is 3.08. The second-order valence-electron chi connectivity index (χ2n) is 5.33. The van der Waals surface area contributed by atoms with Crippen LogP contribution < -0.4 is 5.32 Å². The number of benzene rings is 1. The minimum absolute atomic E-state index is 0. The summed E-state index contributed by atoms with van der Waals surface area (Å²) in [7, 11) is 0. The van der Waals surface area contributed by atoms with Crippen molar-refractivity contribution in [3.8, 4) is 0 Å². The minimum atomic E-state index is 0. The lowest BCUT2D eigenvalue weighted by Crippen LogP contribution is -2.46. The number of carbonyl (C=O) groups excluding carboxylic acids is 1. The highest BCUT2D eigenvalue weighted by atomic mass is 35.5. The number of thiazole rings is 1. The van der Waals surface area contributed by atoms with E-state index >= 15 is 0 Å². The average molecular weight is 338 g/mol. The number of nitrogens with zero attached hydrogens (tertiary/aromatic N) is 2. The monoisotopic (exact) mass is 337 g/mol. The largest absolute Gasteiger partial charge is 0.335 e. The molecule has 1 aliphatic rings. The Morgan fingerprint density at radius 2 is 1.95 bits per heavy atom. The molecule has 1 N–H and O–H groups in total. The van der Waals surface area contributed by atoms with E-state index in [0.717, 1.165) is 37.6 Å².